The number of amides is 2. The number of nitrogens with zero attached hydrogens (tertiary/aromatic N) is 2. The Morgan fingerprint density at radius 3 is 2.73 bits per heavy atom. The molecule has 2 N–H and O–H groups in total. The number of benzene rings is 1. The summed E-state index contributed by atoms with van der Waals surface area (Å²) in [4.78, 5) is 27.9. The van der Waals surface area contributed by atoms with E-state index in [4.69, 9.17) is 10.5 Å². The van der Waals surface area contributed by atoms with E-state index in [1.807, 2.05) is 18.2 Å². The molecule has 0 radical (unpaired) electrons. The Labute approximate surface area is 129 Å². The largest absolute Gasteiger partial charge is 0.467 e. The van der Waals surface area contributed by atoms with Crippen LogP contribution >= 0.6 is 0 Å². The van der Waals surface area contributed by atoms with Gasteiger partial charge in [-0.05, 0) is 18.4 Å². The van der Waals surface area contributed by atoms with Gasteiger partial charge in [0.1, 0.15) is 0 Å². The summed E-state index contributed by atoms with van der Waals surface area (Å²) in [6.45, 7) is 1.95. The summed E-state index contributed by atoms with van der Waals surface area (Å²) in [5, 5.41) is 0. The second kappa shape index (κ2) is 5.61. The molecule has 6 heteroatoms. The second-order valence-corrected chi connectivity index (χ2v) is 6.08. The SMILES string of the molecule is COC(=O)C12CCC(CN(Cc3ccccc3)C1)N2C(N)=O. The van der Waals surface area contributed by atoms with Gasteiger partial charge in [0.25, 0.3) is 0 Å². The van der Waals surface area contributed by atoms with Crippen LogP contribution in [0, 0.1) is 0 Å². The molecule has 1 aromatic rings. The fraction of sp³-hybridized carbons (Fsp3) is 0.500. The first-order chi connectivity index (χ1) is 10.6. The lowest BCUT2D eigenvalue weighted by Gasteiger charge is -2.46. The van der Waals surface area contributed by atoms with Crippen molar-refractivity contribution in [3.05, 3.63) is 35.9 Å². The molecule has 22 heavy (non-hydrogen) atoms. The minimum atomic E-state index is -0.932. The van der Waals surface area contributed by atoms with Crippen molar-refractivity contribution in [1.29, 1.82) is 0 Å². The average Bonchev–Trinajstić information content (AvgIpc) is 2.77. The Hall–Kier alpha value is -2.08. The maximum Gasteiger partial charge on any atom is 0.333 e. The van der Waals surface area contributed by atoms with Crippen molar-refractivity contribution in [2.75, 3.05) is 20.2 Å². The summed E-state index contributed by atoms with van der Waals surface area (Å²) in [7, 11) is 1.36. The first-order valence-electron chi connectivity index (χ1n) is 7.50. The summed E-state index contributed by atoms with van der Waals surface area (Å²) in [5.74, 6) is -0.369. The van der Waals surface area contributed by atoms with Crippen molar-refractivity contribution in [2.45, 2.75) is 31.0 Å². The highest BCUT2D eigenvalue weighted by Crippen LogP contribution is 2.40. The van der Waals surface area contributed by atoms with Crippen molar-refractivity contribution in [1.82, 2.24) is 9.80 Å². The smallest absolute Gasteiger partial charge is 0.333 e. The first kappa shape index (κ1) is 14.8. The minimum Gasteiger partial charge on any atom is -0.467 e. The van der Waals surface area contributed by atoms with Crippen LogP contribution in [0.1, 0.15) is 18.4 Å². The lowest BCUT2D eigenvalue weighted by molar-refractivity contribution is -0.156. The fourth-order valence-corrected chi connectivity index (χ4v) is 3.87. The van der Waals surface area contributed by atoms with Gasteiger partial charge in [0.15, 0.2) is 5.54 Å². The van der Waals surface area contributed by atoms with Crippen LogP contribution in [0.15, 0.2) is 30.3 Å². The number of fused-ring (bicyclic) bond motifs is 2. The van der Waals surface area contributed by atoms with Crippen molar-refractivity contribution < 1.29 is 14.3 Å². The number of esters is 1. The molecule has 2 aliphatic heterocycles. The van der Waals surface area contributed by atoms with Gasteiger partial charge in [0, 0.05) is 25.7 Å². The molecule has 0 spiro atoms. The molecule has 1 aromatic carbocycles. The molecule has 2 fully saturated rings. The van der Waals surface area contributed by atoms with E-state index in [1.54, 1.807) is 4.90 Å². The van der Waals surface area contributed by atoms with Crippen LogP contribution in [0.4, 0.5) is 4.79 Å². The lowest BCUT2D eigenvalue weighted by atomic mass is 9.94. The van der Waals surface area contributed by atoms with Gasteiger partial charge in [-0.1, -0.05) is 30.3 Å². The highest BCUT2D eigenvalue weighted by atomic mass is 16.5. The number of primary amides is 1. The van der Waals surface area contributed by atoms with Crippen molar-refractivity contribution in [3.63, 3.8) is 0 Å². The molecular weight excluding hydrogens is 282 g/mol. The van der Waals surface area contributed by atoms with E-state index >= 15 is 0 Å². The number of hydrogen-bond donors (Lipinski definition) is 1. The zero-order valence-electron chi connectivity index (χ0n) is 12.7. The molecule has 0 saturated carbocycles. The van der Waals surface area contributed by atoms with Gasteiger partial charge < -0.3 is 15.4 Å². The average molecular weight is 303 g/mol. The monoisotopic (exact) mass is 303 g/mol. The number of hydrogen-bond acceptors (Lipinski definition) is 4. The summed E-state index contributed by atoms with van der Waals surface area (Å²) >= 11 is 0. The van der Waals surface area contributed by atoms with E-state index in [-0.39, 0.29) is 12.0 Å². The van der Waals surface area contributed by atoms with E-state index in [0.717, 1.165) is 19.5 Å². The molecule has 2 heterocycles. The van der Waals surface area contributed by atoms with Crippen LogP contribution in [-0.4, -0.2) is 53.6 Å². The van der Waals surface area contributed by atoms with Gasteiger partial charge in [0.05, 0.1) is 7.11 Å². The third-order valence-corrected chi connectivity index (χ3v) is 4.72. The molecule has 2 amide bonds. The number of ether oxygens (including phenoxy) is 1. The quantitative estimate of drug-likeness (QED) is 0.844. The fourth-order valence-electron chi connectivity index (χ4n) is 3.87. The van der Waals surface area contributed by atoms with Crippen molar-refractivity contribution in [3.8, 4) is 0 Å². The Morgan fingerprint density at radius 1 is 1.36 bits per heavy atom. The van der Waals surface area contributed by atoms with E-state index < -0.39 is 11.6 Å². The number of piperazine rings is 1. The van der Waals surface area contributed by atoms with Gasteiger partial charge in [-0.3, -0.25) is 4.90 Å². The van der Waals surface area contributed by atoms with E-state index in [1.165, 1.54) is 12.7 Å². The number of methoxy groups -OCH3 is 1. The summed E-state index contributed by atoms with van der Waals surface area (Å²) in [6.07, 6.45) is 1.39. The Morgan fingerprint density at radius 2 is 2.09 bits per heavy atom. The number of nitrogens with two attached hydrogens (primary N) is 1. The second-order valence-electron chi connectivity index (χ2n) is 6.08. The molecule has 2 bridgehead atoms. The predicted octanol–water partition coefficient (Wildman–Crippen LogP) is 0.957. The molecule has 0 aliphatic carbocycles. The number of carbonyl (C=O) groups excluding carboxylic acids is 2. The molecule has 0 aromatic heterocycles. The number of likely N-dealkylation sites (tertiary alicyclic amines) is 1. The summed E-state index contributed by atoms with van der Waals surface area (Å²) in [5.41, 5.74) is 5.78. The standard InChI is InChI=1S/C16H21N3O3/c1-22-14(20)16-8-7-13(19(16)15(17)21)10-18(11-16)9-12-5-3-2-4-6-12/h2-6,13H,7-11H2,1H3,(H2,17,21). The number of carbonyl (C=O) groups is 2. The van der Waals surface area contributed by atoms with Crippen molar-refractivity contribution >= 4 is 12.0 Å². The minimum absolute atomic E-state index is 0.0194. The highest BCUT2D eigenvalue weighted by Gasteiger charge is 2.58. The zero-order chi connectivity index (χ0) is 15.7. The Bertz CT molecular complexity index is 577. The molecule has 2 unspecified atom stereocenters. The number of urea groups is 1. The first-order valence-corrected chi connectivity index (χ1v) is 7.50. The molecule has 118 valence electrons. The highest BCUT2D eigenvalue weighted by molar-refractivity contribution is 5.88. The lowest BCUT2D eigenvalue weighted by Crippen LogP contribution is -2.67. The summed E-state index contributed by atoms with van der Waals surface area (Å²) < 4.78 is 4.97. The summed E-state index contributed by atoms with van der Waals surface area (Å²) in [6, 6.07) is 9.55. The van der Waals surface area contributed by atoms with Crippen LogP contribution in [-0.2, 0) is 16.1 Å². The predicted molar refractivity (Wildman–Crippen MR) is 80.9 cm³/mol. The molecule has 2 atom stereocenters. The van der Waals surface area contributed by atoms with Crippen LogP contribution in [0.5, 0.6) is 0 Å². The maximum atomic E-state index is 12.4. The maximum absolute atomic E-state index is 12.4. The van der Waals surface area contributed by atoms with Gasteiger partial charge >= 0.3 is 12.0 Å². The Kier molecular flexibility index (Phi) is 3.78. The molecule has 3 rings (SSSR count). The molecule has 2 saturated heterocycles. The third-order valence-electron chi connectivity index (χ3n) is 4.72. The van der Waals surface area contributed by atoms with Crippen molar-refractivity contribution in [2.24, 2.45) is 5.73 Å². The normalized spacial score (nSPS) is 27.7. The topological polar surface area (TPSA) is 75.9 Å². The van der Waals surface area contributed by atoms with Crippen LogP contribution in [0.25, 0.3) is 0 Å². The zero-order valence-corrected chi connectivity index (χ0v) is 12.7. The van der Waals surface area contributed by atoms with E-state index in [0.29, 0.717) is 13.0 Å². The molecule has 2 aliphatic rings. The van der Waals surface area contributed by atoms with Gasteiger partial charge in [-0.25, -0.2) is 9.59 Å². The molecular formula is C16H21N3O3. The number of rotatable bonds is 3. The van der Waals surface area contributed by atoms with Crippen LogP contribution in [0.3, 0.4) is 0 Å². The van der Waals surface area contributed by atoms with E-state index in [9.17, 15) is 9.59 Å². The van der Waals surface area contributed by atoms with Crippen LogP contribution < -0.4 is 5.73 Å². The Balaban J connectivity index is 1.85. The van der Waals surface area contributed by atoms with Gasteiger partial charge in [-0.2, -0.15) is 0 Å². The van der Waals surface area contributed by atoms with Crippen LogP contribution in [0.2, 0.25) is 0 Å². The van der Waals surface area contributed by atoms with E-state index in [2.05, 4.69) is 17.0 Å². The van der Waals surface area contributed by atoms with Gasteiger partial charge in [-0.15, -0.1) is 0 Å². The van der Waals surface area contributed by atoms with Gasteiger partial charge in [0.2, 0.25) is 0 Å². The molecule has 6 nitrogen and oxygen atoms in total. The third kappa shape index (κ3) is 2.33.